The number of carbonyl (C=O) groups excluding carboxylic acids is 1. The van der Waals surface area contributed by atoms with Crippen LogP contribution < -0.4 is 10.6 Å². The molecule has 0 aromatic rings. The van der Waals surface area contributed by atoms with Gasteiger partial charge in [-0.2, -0.15) is 13.2 Å². The molecule has 0 saturated heterocycles. The van der Waals surface area contributed by atoms with Crippen molar-refractivity contribution in [1.29, 1.82) is 0 Å². The second kappa shape index (κ2) is 6.92. The van der Waals surface area contributed by atoms with E-state index >= 15 is 0 Å². The predicted molar refractivity (Wildman–Crippen MR) is 65.1 cm³/mol. The SMILES string of the molecule is O=CNC(CCCNC1(C(F)(F)F)CCCC1)C(=O)O. The summed E-state index contributed by atoms with van der Waals surface area (Å²) in [6.07, 6.45) is -2.48. The number of carboxylic acids is 1. The van der Waals surface area contributed by atoms with E-state index in [1.54, 1.807) is 0 Å². The van der Waals surface area contributed by atoms with E-state index in [1.807, 2.05) is 0 Å². The van der Waals surface area contributed by atoms with E-state index in [9.17, 15) is 22.8 Å². The molecule has 5 nitrogen and oxygen atoms in total. The zero-order valence-electron chi connectivity index (χ0n) is 11.0. The van der Waals surface area contributed by atoms with Gasteiger partial charge >= 0.3 is 12.1 Å². The lowest BCUT2D eigenvalue weighted by molar-refractivity contribution is -0.195. The molecular formula is C12H19F3N2O3. The van der Waals surface area contributed by atoms with Crippen LogP contribution in [0.1, 0.15) is 38.5 Å². The molecular weight excluding hydrogens is 277 g/mol. The zero-order chi connectivity index (χ0) is 15.2. The van der Waals surface area contributed by atoms with Crippen LogP contribution >= 0.6 is 0 Å². The highest BCUT2D eigenvalue weighted by Crippen LogP contribution is 2.42. The minimum absolute atomic E-state index is 0.0610. The van der Waals surface area contributed by atoms with Gasteiger partial charge in [0.15, 0.2) is 0 Å². The average Bonchev–Trinajstić information content (AvgIpc) is 2.82. The molecule has 0 bridgehead atoms. The molecule has 8 heteroatoms. The maximum atomic E-state index is 13.0. The quantitative estimate of drug-likeness (QED) is 0.468. The van der Waals surface area contributed by atoms with Crippen LogP contribution in [0.25, 0.3) is 0 Å². The second-order valence-electron chi connectivity index (χ2n) is 5.03. The molecule has 0 aromatic heterocycles. The first-order valence-electron chi connectivity index (χ1n) is 6.57. The summed E-state index contributed by atoms with van der Waals surface area (Å²) in [5.74, 6) is -1.19. The van der Waals surface area contributed by atoms with Crippen molar-refractivity contribution in [2.45, 2.75) is 56.3 Å². The molecule has 0 radical (unpaired) electrons. The van der Waals surface area contributed by atoms with Gasteiger partial charge < -0.3 is 15.7 Å². The van der Waals surface area contributed by atoms with E-state index in [2.05, 4.69) is 10.6 Å². The van der Waals surface area contributed by atoms with E-state index in [0.717, 1.165) is 0 Å². The Hall–Kier alpha value is -1.31. The van der Waals surface area contributed by atoms with Crippen LogP contribution in [0, 0.1) is 0 Å². The number of hydrogen-bond donors (Lipinski definition) is 3. The van der Waals surface area contributed by atoms with Crippen LogP contribution in [-0.4, -0.2) is 41.8 Å². The van der Waals surface area contributed by atoms with Crippen molar-refractivity contribution in [2.75, 3.05) is 6.54 Å². The van der Waals surface area contributed by atoms with Crippen molar-refractivity contribution in [3.63, 3.8) is 0 Å². The molecule has 1 fully saturated rings. The van der Waals surface area contributed by atoms with Gasteiger partial charge in [-0.05, 0) is 32.2 Å². The van der Waals surface area contributed by atoms with Crippen LogP contribution in [-0.2, 0) is 9.59 Å². The maximum Gasteiger partial charge on any atom is 0.406 e. The van der Waals surface area contributed by atoms with Crippen molar-refractivity contribution in [3.05, 3.63) is 0 Å². The largest absolute Gasteiger partial charge is 0.480 e. The number of carboxylic acid groups (broad SMARTS) is 1. The summed E-state index contributed by atoms with van der Waals surface area (Å²) in [6.45, 7) is 0.0732. The van der Waals surface area contributed by atoms with Gasteiger partial charge in [0.25, 0.3) is 0 Å². The molecule has 1 aliphatic rings. The van der Waals surface area contributed by atoms with Crippen LogP contribution in [0.3, 0.4) is 0 Å². The standard InChI is InChI=1S/C12H19F3N2O3/c13-12(14,15)11(5-1-2-6-11)17-7-3-4-9(10(19)20)16-8-18/h8-9,17H,1-7H2,(H,16,18)(H,19,20). The number of rotatable bonds is 8. The van der Waals surface area contributed by atoms with Crippen LogP contribution in [0.2, 0.25) is 0 Å². The highest BCUT2D eigenvalue weighted by atomic mass is 19.4. The molecule has 1 aliphatic carbocycles. The van der Waals surface area contributed by atoms with Gasteiger partial charge in [0.2, 0.25) is 6.41 Å². The zero-order valence-corrected chi connectivity index (χ0v) is 11.0. The fourth-order valence-corrected chi connectivity index (χ4v) is 2.53. The van der Waals surface area contributed by atoms with Crippen LogP contribution in [0.4, 0.5) is 13.2 Å². The smallest absolute Gasteiger partial charge is 0.406 e. The minimum Gasteiger partial charge on any atom is -0.480 e. The summed E-state index contributed by atoms with van der Waals surface area (Å²) in [4.78, 5) is 20.9. The van der Waals surface area contributed by atoms with Gasteiger partial charge in [0.05, 0.1) is 0 Å². The van der Waals surface area contributed by atoms with Crippen LogP contribution in [0.15, 0.2) is 0 Å². The Bertz CT molecular complexity index is 341. The Morgan fingerprint density at radius 3 is 2.40 bits per heavy atom. The lowest BCUT2D eigenvalue weighted by Gasteiger charge is -2.33. The third kappa shape index (κ3) is 4.09. The normalized spacial score (nSPS) is 19.6. The Balaban J connectivity index is 2.42. The molecule has 116 valence electrons. The minimum atomic E-state index is -4.29. The van der Waals surface area contributed by atoms with Crippen molar-refractivity contribution >= 4 is 12.4 Å². The molecule has 1 amide bonds. The number of halogens is 3. The van der Waals surface area contributed by atoms with Crippen molar-refractivity contribution in [3.8, 4) is 0 Å². The number of hydrogen-bond acceptors (Lipinski definition) is 3. The van der Waals surface area contributed by atoms with Crippen molar-refractivity contribution < 1.29 is 27.9 Å². The summed E-state index contributed by atoms with van der Waals surface area (Å²) in [5.41, 5.74) is -1.83. The fraction of sp³-hybridized carbons (Fsp3) is 0.833. The van der Waals surface area contributed by atoms with E-state index < -0.39 is 23.7 Å². The number of amides is 1. The van der Waals surface area contributed by atoms with Crippen molar-refractivity contribution in [1.82, 2.24) is 10.6 Å². The Morgan fingerprint density at radius 1 is 1.35 bits per heavy atom. The van der Waals surface area contributed by atoms with Gasteiger partial charge in [-0.1, -0.05) is 12.8 Å². The van der Waals surface area contributed by atoms with Crippen LogP contribution in [0.5, 0.6) is 0 Å². The molecule has 1 unspecified atom stereocenters. The topological polar surface area (TPSA) is 78.4 Å². The summed E-state index contributed by atoms with van der Waals surface area (Å²) >= 11 is 0. The number of alkyl halides is 3. The third-order valence-corrected chi connectivity index (χ3v) is 3.70. The molecule has 1 saturated carbocycles. The van der Waals surface area contributed by atoms with Gasteiger partial charge in [0.1, 0.15) is 11.6 Å². The molecule has 20 heavy (non-hydrogen) atoms. The lowest BCUT2D eigenvalue weighted by Crippen LogP contribution is -2.55. The molecule has 0 spiro atoms. The Kier molecular flexibility index (Phi) is 5.79. The number of carbonyl (C=O) groups is 2. The monoisotopic (exact) mass is 296 g/mol. The summed E-state index contributed by atoms with van der Waals surface area (Å²) in [6, 6.07) is -1.06. The molecule has 3 N–H and O–H groups in total. The maximum absolute atomic E-state index is 13.0. The molecule has 0 aromatic carbocycles. The number of aliphatic carboxylic acids is 1. The van der Waals surface area contributed by atoms with Gasteiger partial charge in [-0.15, -0.1) is 0 Å². The van der Waals surface area contributed by atoms with E-state index in [1.165, 1.54) is 0 Å². The number of nitrogens with one attached hydrogen (secondary N) is 2. The first-order valence-corrected chi connectivity index (χ1v) is 6.57. The first-order chi connectivity index (χ1) is 9.32. The summed E-state index contributed by atoms with van der Waals surface area (Å²) in [5, 5.41) is 13.4. The first kappa shape index (κ1) is 16.7. The van der Waals surface area contributed by atoms with Crippen molar-refractivity contribution in [2.24, 2.45) is 0 Å². The van der Waals surface area contributed by atoms with Gasteiger partial charge in [-0.25, -0.2) is 4.79 Å². The summed E-state index contributed by atoms with van der Waals surface area (Å²) in [7, 11) is 0. The highest BCUT2D eigenvalue weighted by Gasteiger charge is 2.55. The van der Waals surface area contributed by atoms with E-state index in [0.29, 0.717) is 12.8 Å². The molecule has 1 rings (SSSR count). The second-order valence-corrected chi connectivity index (χ2v) is 5.03. The lowest BCUT2D eigenvalue weighted by atomic mass is 9.96. The highest BCUT2D eigenvalue weighted by molar-refractivity contribution is 5.76. The predicted octanol–water partition coefficient (Wildman–Crippen LogP) is 1.43. The summed E-state index contributed by atoms with van der Waals surface area (Å²) < 4.78 is 39.1. The fourth-order valence-electron chi connectivity index (χ4n) is 2.53. The average molecular weight is 296 g/mol. The Morgan fingerprint density at radius 2 is 1.95 bits per heavy atom. The molecule has 0 heterocycles. The van der Waals surface area contributed by atoms with E-state index in [4.69, 9.17) is 5.11 Å². The van der Waals surface area contributed by atoms with Gasteiger partial charge in [0, 0.05) is 0 Å². The van der Waals surface area contributed by atoms with E-state index in [-0.39, 0.29) is 38.6 Å². The molecule has 1 atom stereocenters. The van der Waals surface area contributed by atoms with Gasteiger partial charge in [-0.3, -0.25) is 4.79 Å². The Labute approximate surface area is 114 Å². The third-order valence-electron chi connectivity index (χ3n) is 3.70. The molecule has 0 aliphatic heterocycles.